The van der Waals surface area contributed by atoms with E-state index in [9.17, 15) is 0 Å². The largest absolute Gasteiger partial charge is 0.0654 e. The maximum absolute atomic E-state index is 2.44. The van der Waals surface area contributed by atoms with Crippen molar-refractivity contribution in [3.63, 3.8) is 0 Å². The van der Waals surface area contributed by atoms with Crippen LogP contribution in [0.5, 0.6) is 0 Å². The summed E-state index contributed by atoms with van der Waals surface area (Å²) in [5.41, 5.74) is 5.10. The van der Waals surface area contributed by atoms with Gasteiger partial charge < -0.3 is 0 Å². The van der Waals surface area contributed by atoms with Crippen molar-refractivity contribution in [2.75, 3.05) is 0 Å². The molecule has 0 aliphatic heterocycles. The molecular formula is C20H32. The lowest BCUT2D eigenvalue weighted by atomic mass is 9.79. The van der Waals surface area contributed by atoms with E-state index in [2.05, 4.69) is 32.0 Å². The molecule has 2 rings (SSSR count). The number of hydrogen-bond acceptors (Lipinski definition) is 0. The van der Waals surface area contributed by atoms with Gasteiger partial charge in [0.15, 0.2) is 0 Å². The highest BCUT2D eigenvalue weighted by atomic mass is 14.2. The van der Waals surface area contributed by atoms with Crippen LogP contribution in [0, 0.1) is 0 Å². The van der Waals surface area contributed by atoms with Crippen LogP contribution in [0.15, 0.2) is 18.2 Å². The van der Waals surface area contributed by atoms with E-state index >= 15 is 0 Å². The monoisotopic (exact) mass is 272 g/mol. The van der Waals surface area contributed by atoms with Crippen molar-refractivity contribution in [1.82, 2.24) is 0 Å². The predicted molar refractivity (Wildman–Crippen MR) is 89.5 cm³/mol. The average Bonchev–Trinajstić information content (AvgIpc) is 2.52. The van der Waals surface area contributed by atoms with Crippen LogP contribution >= 0.6 is 0 Å². The second-order valence-electron chi connectivity index (χ2n) is 6.53. The van der Waals surface area contributed by atoms with E-state index in [1.165, 1.54) is 70.6 Å². The number of unbranched alkanes of at least 4 members (excludes halogenated alkanes) is 2. The van der Waals surface area contributed by atoms with Crippen LogP contribution in [0.3, 0.4) is 0 Å². The lowest BCUT2D eigenvalue weighted by Crippen LogP contribution is -2.09. The van der Waals surface area contributed by atoms with Crippen molar-refractivity contribution in [2.45, 2.75) is 90.4 Å². The van der Waals surface area contributed by atoms with Gasteiger partial charge in [-0.2, -0.15) is 0 Å². The van der Waals surface area contributed by atoms with Crippen LogP contribution in [0.1, 0.15) is 94.2 Å². The van der Waals surface area contributed by atoms with Gasteiger partial charge in [-0.25, -0.2) is 0 Å². The molecule has 1 saturated carbocycles. The van der Waals surface area contributed by atoms with Crippen LogP contribution < -0.4 is 0 Å². The van der Waals surface area contributed by atoms with Crippen molar-refractivity contribution >= 4 is 0 Å². The molecule has 0 nitrogen and oxygen atoms in total. The molecule has 0 spiro atoms. The molecule has 0 unspecified atom stereocenters. The lowest BCUT2D eigenvalue weighted by Gasteiger charge is -2.26. The summed E-state index contributed by atoms with van der Waals surface area (Å²) in [5, 5.41) is 0. The molecule has 0 atom stereocenters. The predicted octanol–water partition coefficient (Wildman–Crippen LogP) is 6.42. The first kappa shape index (κ1) is 15.6. The number of aryl methyl sites for hydroxylation is 1. The van der Waals surface area contributed by atoms with Gasteiger partial charge in [-0.05, 0) is 61.1 Å². The molecule has 1 fully saturated rings. The third kappa shape index (κ3) is 4.11. The van der Waals surface area contributed by atoms with Crippen molar-refractivity contribution in [2.24, 2.45) is 0 Å². The third-order valence-electron chi connectivity index (χ3n) is 4.93. The zero-order valence-corrected chi connectivity index (χ0v) is 13.6. The zero-order valence-electron chi connectivity index (χ0n) is 13.6. The standard InChI is InChI=1S/C20H32/c1-3-5-11-17-14-10-16-20(19(17)15-6-4-2)18-12-8-7-9-13-18/h10,14,16,18H,3-9,11-13,15H2,1-2H3. The second kappa shape index (κ2) is 8.49. The Kier molecular flexibility index (Phi) is 6.63. The maximum atomic E-state index is 2.44. The molecule has 0 heteroatoms. The fourth-order valence-electron chi connectivity index (χ4n) is 3.71. The van der Waals surface area contributed by atoms with E-state index in [4.69, 9.17) is 0 Å². The molecule has 0 radical (unpaired) electrons. The van der Waals surface area contributed by atoms with Gasteiger partial charge in [0.2, 0.25) is 0 Å². The minimum Gasteiger partial charge on any atom is -0.0654 e. The van der Waals surface area contributed by atoms with Crippen LogP contribution in [-0.2, 0) is 12.8 Å². The minimum atomic E-state index is 0.859. The van der Waals surface area contributed by atoms with Gasteiger partial charge in [-0.1, -0.05) is 64.2 Å². The Bertz CT molecular complexity index is 385. The fourth-order valence-corrected chi connectivity index (χ4v) is 3.71. The summed E-state index contributed by atoms with van der Waals surface area (Å²) in [6, 6.07) is 7.16. The number of benzene rings is 1. The van der Waals surface area contributed by atoms with Gasteiger partial charge in [0, 0.05) is 0 Å². The second-order valence-corrected chi connectivity index (χ2v) is 6.53. The summed E-state index contributed by atoms with van der Waals surface area (Å²) in [4.78, 5) is 0. The molecule has 1 aliphatic carbocycles. The van der Waals surface area contributed by atoms with E-state index in [1.54, 1.807) is 16.7 Å². The van der Waals surface area contributed by atoms with Crippen LogP contribution in [-0.4, -0.2) is 0 Å². The molecule has 0 saturated heterocycles. The average molecular weight is 272 g/mol. The highest BCUT2D eigenvalue weighted by Gasteiger charge is 2.19. The van der Waals surface area contributed by atoms with Crippen molar-refractivity contribution in [1.29, 1.82) is 0 Å². The third-order valence-corrected chi connectivity index (χ3v) is 4.93. The van der Waals surface area contributed by atoms with Crippen LogP contribution in [0.2, 0.25) is 0 Å². The highest BCUT2D eigenvalue weighted by Crippen LogP contribution is 2.36. The van der Waals surface area contributed by atoms with Crippen LogP contribution in [0.4, 0.5) is 0 Å². The first-order valence-electron chi connectivity index (χ1n) is 8.97. The summed E-state index contributed by atoms with van der Waals surface area (Å²) in [7, 11) is 0. The summed E-state index contributed by atoms with van der Waals surface area (Å²) >= 11 is 0. The minimum absolute atomic E-state index is 0.859. The summed E-state index contributed by atoms with van der Waals surface area (Å²) < 4.78 is 0. The molecule has 112 valence electrons. The molecule has 1 aromatic carbocycles. The SMILES string of the molecule is CCCCc1cccc(C2CCCCC2)c1CCCC. The quantitative estimate of drug-likeness (QED) is 0.537. The van der Waals surface area contributed by atoms with E-state index < -0.39 is 0 Å². The first-order valence-corrected chi connectivity index (χ1v) is 8.97. The summed E-state index contributed by atoms with van der Waals surface area (Å²) in [6.07, 6.45) is 15.1. The van der Waals surface area contributed by atoms with Gasteiger partial charge in [0.05, 0.1) is 0 Å². The lowest BCUT2D eigenvalue weighted by molar-refractivity contribution is 0.441. The molecular weight excluding hydrogens is 240 g/mol. The maximum Gasteiger partial charge on any atom is -0.0159 e. The Morgan fingerprint density at radius 2 is 1.60 bits per heavy atom. The highest BCUT2D eigenvalue weighted by molar-refractivity contribution is 5.38. The van der Waals surface area contributed by atoms with Gasteiger partial charge >= 0.3 is 0 Å². The van der Waals surface area contributed by atoms with Gasteiger partial charge in [0.25, 0.3) is 0 Å². The Hall–Kier alpha value is -0.780. The number of hydrogen-bond donors (Lipinski definition) is 0. The number of rotatable bonds is 7. The first-order chi connectivity index (χ1) is 9.86. The summed E-state index contributed by atoms with van der Waals surface area (Å²) in [6.45, 7) is 4.62. The van der Waals surface area contributed by atoms with Crippen molar-refractivity contribution < 1.29 is 0 Å². The molecule has 0 heterocycles. The normalized spacial score (nSPS) is 16.5. The molecule has 0 amide bonds. The van der Waals surface area contributed by atoms with E-state index in [0.29, 0.717) is 0 Å². The van der Waals surface area contributed by atoms with Crippen LogP contribution in [0.25, 0.3) is 0 Å². The molecule has 1 aliphatic rings. The van der Waals surface area contributed by atoms with E-state index in [0.717, 1.165) is 5.92 Å². The topological polar surface area (TPSA) is 0 Å². The van der Waals surface area contributed by atoms with E-state index in [-0.39, 0.29) is 0 Å². The molecule has 0 N–H and O–H groups in total. The Morgan fingerprint density at radius 1 is 0.900 bits per heavy atom. The van der Waals surface area contributed by atoms with Crippen molar-refractivity contribution in [3.05, 3.63) is 34.9 Å². The molecule has 20 heavy (non-hydrogen) atoms. The Labute approximate surface area is 126 Å². The van der Waals surface area contributed by atoms with Gasteiger partial charge in [-0.3, -0.25) is 0 Å². The Morgan fingerprint density at radius 3 is 2.30 bits per heavy atom. The molecule has 0 bridgehead atoms. The van der Waals surface area contributed by atoms with Gasteiger partial charge in [0.1, 0.15) is 0 Å². The molecule has 0 aromatic heterocycles. The fraction of sp³-hybridized carbons (Fsp3) is 0.700. The van der Waals surface area contributed by atoms with Gasteiger partial charge in [-0.15, -0.1) is 0 Å². The zero-order chi connectivity index (χ0) is 14.2. The smallest absolute Gasteiger partial charge is 0.0159 e. The summed E-state index contributed by atoms with van der Waals surface area (Å²) in [5.74, 6) is 0.859. The molecule has 1 aromatic rings. The van der Waals surface area contributed by atoms with Crippen molar-refractivity contribution in [3.8, 4) is 0 Å². The Balaban J connectivity index is 2.22. The van der Waals surface area contributed by atoms with E-state index in [1.807, 2.05) is 0 Å².